The zero-order valence-corrected chi connectivity index (χ0v) is 11.6. The predicted molar refractivity (Wildman–Crippen MR) is 80.6 cm³/mol. The second-order valence-electron chi connectivity index (χ2n) is 4.52. The fourth-order valence-corrected chi connectivity index (χ4v) is 1.88. The highest BCUT2D eigenvalue weighted by atomic mass is 16.1. The SMILES string of the molecule is CCCNc1ccccc1C(=O)NCc1cccnc1. The zero-order chi connectivity index (χ0) is 14.2. The quantitative estimate of drug-likeness (QED) is 0.848. The Balaban J connectivity index is 2.01. The summed E-state index contributed by atoms with van der Waals surface area (Å²) in [4.78, 5) is 16.3. The molecule has 0 saturated carbocycles. The first-order chi connectivity index (χ1) is 9.81. The number of carbonyl (C=O) groups excluding carboxylic acids is 1. The number of carbonyl (C=O) groups is 1. The Hall–Kier alpha value is -2.36. The van der Waals surface area contributed by atoms with Crippen LogP contribution < -0.4 is 10.6 Å². The van der Waals surface area contributed by atoms with E-state index in [1.165, 1.54) is 0 Å². The van der Waals surface area contributed by atoms with Gasteiger partial charge in [-0.2, -0.15) is 0 Å². The summed E-state index contributed by atoms with van der Waals surface area (Å²) < 4.78 is 0. The Labute approximate surface area is 119 Å². The number of anilines is 1. The van der Waals surface area contributed by atoms with E-state index in [-0.39, 0.29) is 5.91 Å². The summed E-state index contributed by atoms with van der Waals surface area (Å²) in [6, 6.07) is 11.4. The van der Waals surface area contributed by atoms with Gasteiger partial charge in [0, 0.05) is 31.2 Å². The smallest absolute Gasteiger partial charge is 0.253 e. The number of pyridine rings is 1. The molecule has 2 aromatic rings. The molecule has 2 N–H and O–H groups in total. The van der Waals surface area contributed by atoms with E-state index in [2.05, 4.69) is 22.5 Å². The molecule has 4 nitrogen and oxygen atoms in total. The molecule has 0 saturated heterocycles. The topological polar surface area (TPSA) is 54.0 Å². The minimum absolute atomic E-state index is 0.0759. The van der Waals surface area contributed by atoms with Gasteiger partial charge < -0.3 is 10.6 Å². The highest BCUT2D eigenvalue weighted by molar-refractivity contribution is 5.99. The van der Waals surface area contributed by atoms with Crippen molar-refractivity contribution in [3.8, 4) is 0 Å². The number of aromatic nitrogens is 1. The van der Waals surface area contributed by atoms with Crippen LogP contribution in [0, 0.1) is 0 Å². The Kier molecular flexibility index (Phi) is 5.12. The van der Waals surface area contributed by atoms with Gasteiger partial charge in [0.1, 0.15) is 0 Å². The van der Waals surface area contributed by atoms with Crippen molar-refractivity contribution in [3.05, 3.63) is 59.9 Å². The second-order valence-corrected chi connectivity index (χ2v) is 4.52. The molecule has 0 unspecified atom stereocenters. The van der Waals surface area contributed by atoms with Gasteiger partial charge in [-0.15, -0.1) is 0 Å². The molecule has 1 aromatic carbocycles. The van der Waals surface area contributed by atoms with Crippen molar-refractivity contribution in [1.82, 2.24) is 10.3 Å². The molecule has 0 radical (unpaired) electrons. The minimum Gasteiger partial charge on any atom is -0.384 e. The average Bonchev–Trinajstić information content (AvgIpc) is 2.52. The fraction of sp³-hybridized carbons (Fsp3) is 0.250. The van der Waals surface area contributed by atoms with Gasteiger partial charge in [0.25, 0.3) is 5.91 Å². The van der Waals surface area contributed by atoms with Crippen LogP contribution in [0.4, 0.5) is 5.69 Å². The van der Waals surface area contributed by atoms with Crippen molar-refractivity contribution < 1.29 is 4.79 Å². The van der Waals surface area contributed by atoms with Gasteiger partial charge in [-0.25, -0.2) is 0 Å². The Morgan fingerprint density at radius 3 is 2.80 bits per heavy atom. The summed E-state index contributed by atoms with van der Waals surface area (Å²) in [7, 11) is 0. The molecule has 0 aliphatic heterocycles. The lowest BCUT2D eigenvalue weighted by Gasteiger charge is -2.11. The average molecular weight is 269 g/mol. The second kappa shape index (κ2) is 7.28. The van der Waals surface area contributed by atoms with Crippen LogP contribution >= 0.6 is 0 Å². The molecule has 0 bridgehead atoms. The van der Waals surface area contributed by atoms with Crippen LogP contribution in [0.1, 0.15) is 29.3 Å². The van der Waals surface area contributed by atoms with E-state index >= 15 is 0 Å². The molecule has 0 aliphatic rings. The van der Waals surface area contributed by atoms with E-state index in [0.29, 0.717) is 12.1 Å². The number of rotatable bonds is 6. The molecule has 0 spiro atoms. The molecule has 0 fully saturated rings. The van der Waals surface area contributed by atoms with E-state index in [1.54, 1.807) is 12.4 Å². The number of hydrogen-bond acceptors (Lipinski definition) is 3. The zero-order valence-electron chi connectivity index (χ0n) is 11.6. The van der Waals surface area contributed by atoms with Crippen LogP contribution in [0.2, 0.25) is 0 Å². The van der Waals surface area contributed by atoms with E-state index in [4.69, 9.17) is 0 Å². The first-order valence-corrected chi connectivity index (χ1v) is 6.81. The molecule has 0 aliphatic carbocycles. The van der Waals surface area contributed by atoms with Crippen molar-refractivity contribution in [2.24, 2.45) is 0 Å². The lowest BCUT2D eigenvalue weighted by molar-refractivity contribution is 0.0951. The molecule has 4 heteroatoms. The molecule has 1 aromatic heterocycles. The largest absolute Gasteiger partial charge is 0.384 e. The van der Waals surface area contributed by atoms with Crippen LogP contribution in [-0.2, 0) is 6.54 Å². The van der Waals surface area contributed by atoms with Crippen molar-refractivity contribution >= 4 is 11.6 Å². The lowest BCUT2D eigenvalue weighted by atomic mass is 10.1. The molecule has 1 heterocycles. The van der Waals surface area contributed by atoms with E-state index in [9.17, 15) is 4.79 Å². The summed E-state index contributed by atoms with van der Waals surface area (Å²) in [5, 5.41) is 6.18. The molecule has 1 amide bonds. The normalized spacial score (nSPS) is 10.1. The highest BCUT2D eigenvalue weighted by Gasteiger charge is 2.09. The summed E-state index contributed by atoms with van der Waals surface area (Å²) >= 11 is 0. The van der Waals surface area contributed by atoms with E-state index in [0.717, 1.165) is 24.2 Å². The van der Waals surface area contributed by atoms with Gasteiger partial charge in [0.2, 0.25) is 0 Å². The number of nitrogens with one attached hydrogen (secondary N) is 2. The number of benzene rings is 1. The minimum atomic E-state index is -0.0759. The predicted octanol–water partition coefficient (Wildman–Crippen LogP) is 2.83. The Bertz CT molecular complexity index is 555. The van der Waals surface area contributed by atoms with Crippen molar-refractivity contribution in [2.45, 2.75) is 19.9 Å². The van der Waals surface area contributed by atoms with E-state index in [1.807, 2.05) is 36.4 Å². The number of hydrogen-bond donors (Lipinski definition) is 2. The summed E-state index contributed by atoms with van der Waals surface area (Å²) in [6.45, 7) is 3.43. The third-order valence-corrected chi connectivity index (χ3v) is 2.91. The fourth-order valence-electron chi connectivity index (χ4n) is 1.88. The first kappa shape index (κ1) is 14.1. The Morgan fingerprint density at radius 1 is 1.20 bits per heavy atom. The summed E-state index contributed by atoms with van der Waals surface area (Å²) in [5.74, 6) is -0.0759. The maximum Gasteiger partial charge on any atom is 0.253 e. The number of amides is 1. The maximum absolute atomic E-state index is 12.2. The molecular formula is C16H19N3O. The maximum atomic E-state index is 12.2. The van der Waals surface area contributed by atoms with Crippen LogP contribution in [0.15, 0.2) is 48.8 Å². The van der Waals surface area contributed by atoms with Gasteiger partial charge in [-0.05, 0) is 30.2 Å². The Morgan fingerprint density at radius 2 is 2.05 bits per heavy atom. The highest BCUT2D eigenvalue weighted by Crippen LogP contribution is 2.15. The van der Waals surface area contributed by atoms with Gasteiger partial charge >= 0.3 is 0 Å². The summed E-state index contributed by atoms with van der Waals surface area (Å²) in [6.07, 6.45) is 4.49. The third-order valence-electron chi connectivity index (χ3n) is 2.91. The molecule has 104 valence electrons. The van der Waals surface area contributed by atoms with Gasteiger partial charge in [0.05, 0.1) is 5.56 Å². The van der Waals surface area contributed by atoms with Crippen LogP contribution in [0.3, 0.4) is 0 Å². The molecular weight excluding hydrogens is 250 g/mol. The molecule has 20 heavy (non-hydrogen) atoms. The number of para-hydroxylation sites is 1. The van der Waals surface area contributed by atoms with Crippen molar-refractivity contribution in [1.29, 1.82) is 0 Å². The van der Waals surface area contributed by atoms with Crippen LogP contribution in [0.25, 0.3) is 0 Å². The van der Waals surface area contributed by atoms with E-state index < -0.39 is 0 Å². The summed E-state index contributed by atoms with van der Waals surface area (Å²) in [5.41, 5.74) is 2.53. The van der Waals surface area contributed by atoms with Gasteiger partial charge in [-0.3, -0.25) is 9.78 Å². The van der Waals surface area contributed by atoms with Gasteiger partial charge in [-0.1, -0.05) is 25.1 Å². The van der Waals surface area contributed by atoms with Crippen molar-refractivity contribution in [2.75, 3.05) is 11.9 Å². The molecule has 2 rings (SSSR count). The van der Waals surface area contributed by atoms with Crippen molar-refractivity contribution in [3.63, 3.8) is 0 Å². The molecule has 0 atom stereocenters. The standard InChI is InChI=1S/C16H19N3O/c1-2-9-18-15-8-4-3-7-14(15)16(20)19-12-13-6-5-10-17-11-13/h3-8,10-11,18H,2,9,12H2,1H3,(H,19,20). The van der Waals surface area contributed by atoms with Crippen LogP contribution in [-0.4, -0.2) is 17.4 Å². The lowest BCUT2D eigenvalue weighted by Crippen LogP contribution is -2.24. The van der Waals surface area contributed by atoms with Gasteiger partial charge in [0.15, 0.2) is 0 Å². The first-order valence-electron chi connectivity index (χ1n) is 6.81. The number of nitrogens with zero attached hydrogens (tertiary/aromatic N) is 1. The third kappa shape index (κ3) is 3.82. The van der Waals surface area contributed by atoms with Crippen LogP contribution in [0.5, 0.6) is 0 Å². The monoisotopic (exact) mass is 269 g/mol.